The van der Waals surface area contributed by atoms with E-state index in [1.807, 2.05) is 22.9 Å². The second-order valence-electron chi connectivity index (χ2n) is 5.30. The minimum Gasteiger partial charge on any atom is -0.334 e. The summed E-state index contributed by atoms with van der Waals surface area (Å²) in [4.78, 5) is 0. The molecule has 88 valence electrons. The fourth-order valence-corrected chi connectivity index (χ4v) is 2.22. The molecule has 0 amide bonds. The maximum Gasteiger partial charge on any atom is 0.120 e. The second-order valence-corrected chi connectivity index (χ2v) is 5.30. The van der Waals surface area contributed by atoms with E-state index in [0.29, 0.717) is 5.69 Å². The molecule has 3 nitrogen and oxygen atoms in total. The van der Waals surface area contributed by atoms with Crippen molar-refractivity contribution < 1.29 is 0 Å². The van der Waals surface area contributed by atoms with Crippen LogP contribution in [0.1, 0.15) is 45.9 Å². The number of nitrogens with zero attached hydrogens (tertiary/aromatic N) is 2. The van der Waals surface area contributed by atoms with Crippen molar-refractivity contribution in [3.8, 4) is 6.07 Å². The van der Waals surface area contributed by atoms with Crippen LogP contribution in [0.25, 0.3) is 0 Å². The van der Waals surface area contributed by atoms with Crippen LogP contribution in [0.4, 0.5) is 0 Å². The van der Waals surface area contributed by atoms with Crippen LogP contribution in [0.15, 0.2) is 18.3 Å². The molecule has 1 aromatic heterocycles. The van der Waals surface area contributed by atoms with Gasteiger partial charge in [-0.15, -0.1) is 0 Å². The van der Waals surface area contributed by atoms with Gasteiger partial charge in [-0.1, -0.05) is 27.7 Å². The molecule has 0 aliphatic heterocycles. The van der Waals surface area contributed by atoms with E-state index in [1.54, 1.807) is 0 Å². The molecule has 0 bridgehead atoms. The molecule has 0 spiro atoms. The molecule has 1 aromatic rings. The van der Waals surface area contributed by atoms with Crippen molar-refractivity contribution in [3.63, 3.8) is 0 Å². The van der Waals surface area contributed by atoms with Crippen molar-refractivity contribution in [1.29, 1.82) is 5.26 Å². The lowest BCUT2D eigenvalue weighted by Gasteiger charge is -2.36. The van der Waals surface area contributed by atoms with E-state index in [2.05, 4.69) is 33.8 Å². The van der Waals surface area contributed by atoms with E-state index in [-0.39, 0.29) is 17.5 Å². The molecular formula is C13H21N3. The number of aromatic nitrogens is 1. The number of hydrogen-bond acceptors (Lipinski definition) is 2. The van der Waals surface area contributed by atoms with Crippen molar-refractivity contribution in [2.24, 2.45) is 11.1 Å². The van der Waals surface area contributed by atoms with Crippen LogP contribution in [-0.2, 0) is 0 Å². The van der Waals surface area contributed by atoms with Gasteiger partial charge in [0.25, 0.3) is 0 Å². The Hall–Kier alpha value is -1.27. The van der Waals surface area contributed by atoms with Gasteiger partial charge in [0.15, 0.2) is 0 Å². The van der Waals surface area contributed by atoms with Gasteiger partial charge in [-0.3, -0.25) is 0 Å². The van der Waals surface area contributed by atoms with Crippen molar-refractivity contribution >= 4 is 0 Å². The Morgan fingerprint density at radius 3 is 2.56 bits per heavy atom. The number of nitriles is 1. The van der Waals surface area contributed by atoms with Crippen molar-refractivity contribution in [1.82, 2.24) is 4.57 Å². The van der Waals surface area contributed by atoms with Crippen LogP contribution in [-0.4, -0.2) is 10.6 Å². The lowest BCUT2D eigenvalue weighted by atomic mass is 9.81. The molecule has 2 atom stereocenters. The molecule has 3 heteroatoms. The number of nitrogens with two attached hydrogens (primary N) is 1. The fraction of sp³-hybridized carbons (Fsp3) is 0.615. The maximum atomic E-state index is 9.06. The Bertz CT molecular complexity index is 379. The Morgan fingerprint density at radius 2 is 2.12 bits per heavy atom. The highest BCUT2D eigenvalue weighted by Crippen LogP contribution is 2.34. The standard InChI is InChI=1S/C13H21N3/c1-5-11(15)12(13(2,3)4)16-8-6-7-10(16)9-14/h6-8,11-12H,5,15H2,1-4H3. The van der Waals surface area contributed by atoms with Gasteiger partial charge in [-0.05, 0) is 24.0 Å². The zero-order valence-corrected chi connectivity index (χ0v) is 10.6. The van der Waals surface area contributed by atoms with E-state index in [0.717, 1.165) is 6.42 Å². The first-order chi connectivity index (χ1) is 7.41. The van der Waals surface area contributed by atoms with E-state index in [1.165, 1.54) is 0 Å². The van der Waals surface area contributed by atoms with Gasteiger partial charge < -0.3 is 10.3 Å². The van der Waals surface area contributed by atoms with E-state index >= 15 is 0 Å². The molecule has 0 aliphatic rings. The minimum absolute atomic E-state index is 0.0417. The largest absolute Gasteiger partial charge is 0.334 e. The molecule has 0 saturated carbocycles. The van der Waals surface area contributed by atoms with Crippen LogP contribution in [0.2, 0.25) is 0 Å². The van der Waals surface area contributed by atoms with E-state index in [9.17, 15) is 0 Å². The average Bonchev–Trinajstić information content (AvgIpc) is 2.63. The van der Waals surface area contributed by atoms with Gasteiger partial charge in [0.05, 0.1) is 6.04 Å². The molecule has 0 aromatic carbocycles. The Kier molecular flexibility index (Phi) is 3.77. The molecule has 2 unspecified atom stereocenters. The predicted octanol–water partition coefficient (Wildman–Crippen LogP) is 2.68. The number of hydrogen-bond donors (Lipinski definition) is 1. The molecule has 0 radical (unpaired) electrons. The van der Waals surface area contributed by atoms with Crippen LogP contribution in [0.5, 0.6) is 0 Å². The molecule has 1 rings (SSSR count). The molecular weight excluding hydrogens is 198 g/mol. The van der Waals surface area contributed by atoms with Gasteiger partial charge in [-0.2, -0.15) is 5.26 Å². The Balaban J connectivity index is 3.18. The first-order valence-electron chi connectivity index (χ1n) is 5.74. The summed E-state index contributed by atoms with van der Waals surface area (Å²) in [5, 5.41) is 9.06. The molecule has 0 aliphatic carbocycles. The molecule has 0 saturated heterocycles. The summed E-state index contributed by atoms with van der Waals surface area (Å²) in [5.41, 5.74) is 6.91. The lowest BCUT2D eigenvalue weighted by Crippen LogP contribution is -2.40. The van der Waals surface area contributed by atoms with Gasteiger partial charge in [0, 0.05) is 12.2 Å². The van der Waals surface area contributed by atoms with E-state index < -0.39 is 0 Å². The summed E-state index contributed by atoms with van der Waals surface area (Å²) < 4.78 is 2.01. The van der Waals surface area contributed by atoms with Crippen LogP contribution >= 0.6 is 0 Å². The highest BCUT2D eigenvalue weighted by Gasteiger charge is 2.31. The van der Waals surface area contributed by atoms with Gasteiger partial charge in [0.2, 0.25) is 0 Å². The van der Waals surface area contributed by atoms with Crippen molar-refractivity contribution in [2.75, 3.05) is 0 Å². The maximum absolute atomic E-state index is 9.06. The first-order valence-corrected chi connectivity index (χ1v) is 5.74. The first kappa shape index (κ1) is 12.8. The Labute approximate surface area is 97.9 Å². The SMILES string of the molecule is CCC(N)C(n1cccc1C#N)C(C)(C)C. The summed E-state index contributed by atoms with van der Waals surface area (Å²) >= 11 is 0. The van der Waals surface area contributed by atoms with Crippen molar-refractivity contribution in [3.05, 3.63) is 24.0 Å². The quantitative estimate of drug-likeness (QED) is 0.849. The number of rotatable bonds is 3. The molecule has 0 fully saturated rings. The van der Waals surface area contributed by atoms with Crippen LogP contribution < -0.4 is 5.73 Å². The lowest BCUT2D eigenvalue weighted by molar-refractivity contribution is 0.201. The topological polar surface area (TPSA) is 54.7 Å². The van der Waals surface area contributed by atoms with Crippen LogP contribution in [0.3, 0.4) is 0 Å². The normalized spacial score (nSPS) is 15.5. The molecule has 16 heavy (non-hydrogen) atoms. The summed E-state index contributed by atoms with van der Waals surface area (Å²) in [7, 11) is 0. The fourth-order valence-electron chi connectivity index (χ4n) is 2.22. The third kappa shape index (κ3) is 2.45. The second kappa shape index (κ2) is 4.71. The summed E-state index contributed by atoms with van der Waals surface area (Å²) in [6.07, 6.45) is 2.86. The van der Waals surface area contributed by atoms with Gasteiger partial charge in [0.1, 0.15) is 11.8 Å². The summed E-state index contributed by atoms with van der Waals surface area (Å²) in [6, 6.07) is 6.18. The average molecular weight is 219 g/mol. The predicted molar refractivity (Wildman–Crippen MR) is 65.9 cm³/mol. The van der Waals surface area contributed by atoms with Gasteiger partial charge in [-0.25, -0.2) is 0 Å². The smallest absolute Gasteiger partial charge is 0.120 e. The zero-order chi connectivity index (χ0) is 12.3. The monoisotopic (exact) mass is 219 g/mol. The van der Waals surface area contributed by atoms with Crippen molar-refractivity contribution in [2.45, 2.75) is 46.2 Å². The highest BCUT2D eigenvalue weighted by atomic mass is 15.0. The molecule has 2 N–H and O–H groups in total. The summed E-state index contributed by atoms with van der Waals surface area (Å²) in [6.45, 7) is 8.57. The minimum atomic E-state index is 0.0417. The molecule has 1 heterocycles. The zero-order valence-electron chi connectivity index (χ0n) is 10.6. The van der Waals surface area contributed by atoms with Gasteiger partial charge >= 0.3 is 0 Å². The third-order valence-electron chi connectivity index (χ3n) is 2.96. The highest BCUT2D eigenvalue weighted by molar-refractivity contribution is 5.23. The summed E-state index contributed by atoms with van der Waals surface area (Å²) in [5.74, 6) is 0. The van der Waals surface area contributed by atoms with Crippen LogP contribution in [0, 0.1) is 16.7 Å². The Morgan fingerprint density at radius 1 is 1.50 bits per heavy atom. The third-order valence-corrected chi connectivity index (χ3v) is 2.96. The van der Waals surface area contributed by atoms with E-state index in [4.69, 9.17) is 11.0 Å².